The zero-order valence-corrected chi connectivity index (χ0v) is 28.8. The lowest BCUT2D eigenvalue weighted by atomic mass is 10.0. The molecule has 4 nitrogen and oxygen atoms in total. The van der Waals surface area contributed by atoms with Gasteiger partial charge in [-0.25, -0.2) is 18.7 Å². The summed E-state index contributed by atoms with van der Waals surface area (Å²) in [6.45, 7) is 0. The topological polar surface area (TPSA) is 57.4 Å². The highest BCUT2D eigenvalue weighted by Gasteiger charge is 2.19. The fourth-order valence-electron chi connectivity index (χ4n) is 6.89. The van der Waals surface area contributed by atoms with Gasteiger partial charge in [0.1, 0.15) is 11.6 Å². The smallest absolute Gasteiger partial charge is 0.123 e. The molecule has 0 saturated heterocycles. The molecule has 250 valence electrons. The van der Waals surface area contributed by atoms with E-state index in [1.54, 1.807) is 24.3 Å². The van der Waals surface area contributed by atoms with Crippen LogP contribution in [0.15, 0.2) is 121 Å². The maximum atomic E-state index is 14.2. The van der Waals surface area contributed by atoms with Gasteiger partial charge in [0.2, 0.25) is 0 Å². The highest BCUT2D eigenvalue weighted by molar-refractivity contribution is 6.31. The summed E-state index contributed by atoms with van der Waals surface area (Å²) in [5.74, 6) is -0.664. The first kappa shape index (κ1) is 31.9. The van der Waals surface area contributed by atoms with Crippen molar-refractivity contribution in [1.82, 2.24) is 19.9 Å². The van der Waals surface area contributed by atoms with Crippen molar-refractivity contribution in [3.8, 4) is 44.5 Å². The summed E-state index contributed by atoms with van der Waals surface area (Å²) < 4.78 is 28.4. The molecule has 0 fully saturated rings. The van der Waals surface area contributed by atoms with Gasteiger partial charge in [0.15, 0.2) is 0 Å². The molecular weight excluding hydrogens is 693 g/mol. The summed E-state index contributed by atoms with van der Waals surface area (Å²) in [4.78, 5) is 17.8. The number of halogens is 4. The van der Waals surface area contributed by atoms with Crippen molar-refractivity contribution in [2.75, 3.05) is 0 Å². The molecule has 7 aromatic rings. The monoisotopic (exact) mass is 718 g/mol. The number of nitrogens with zero attached hydrogens (tertiary/aromatic N) is 2. The van der Waals surface area contributed by atoms with Crippen LogP contribution in [0.1, 0.15) is 22.8 Å². The third-order valence-corrected chi connectivity index (χ3v) is 9.79. The molecule has 0 saturated carbocycles. The number of rotatable bonds is 4. The standard InChI is InChI=1S/C44H26Cl2F2N4/c45-29-9-1-25(2-10-29)41-33-17-18-34(49-33)42(26-3-11-30(46)12-4-26)36-20-22-38(51-36)44(28-7-15-32(48)16-8-28)40-24-23-39(52-40)43(37-21-19-35(41)50-37)27-5-13-31(47)14-6-27/h1-24,50-51H. The first-order valence-electron chi connectivity index (χ1n) is 16.6. The lowest BCUT2D eigenvalue weighted by Crippen LogP contribution is -1.90. The van der Waals surface area contributed by atoms with E-state index in [0.717, 1.165) is 78.0 Å². The van der Waals surface area contributed by atoms with E-state index in [1.807, 2.05) is 97.1 Å². The van der Waals surface area contributed by atoms with Crippen LogP contribution in [0.2, 0.25) is 10.0 Å². The van der Waals surface area contributed by atoms with Gasteiger partial charge in [-0.05, 0) is 119 Å². The molecule has 4 aromatic carbocycles. The number of hydrogen-bond acceptors (Lipinski definition) is 2. The van der Waals surface area contributed by atoms with Crippen molar-refractivity contribution in [3.05, 3.63) is 166 Å². The maximum Gasteiger partial charge on any atom is 0.123 e. The van der Waals surface area contributed by atoms with E-state index in [1.165, 1.54) is 24.3 Å². The fraction of sp³-hybridized carbons (Fsp3) is 0. The zero-order valence-electron chi connectivity index (χ0n) is 27.3. The average Bonchev–Trinajstić information content (AvgIpc) is 3.99. The van der Waals surface area contributed by atoms with Crippen LogP contribution in [0, 0.1) is 11.6 Å². The van der Waals surface area contributed by atoms with Crippen LogP contribution in [-0.2, 0) is 0 Å². The van der Waals surface area contributed by atoms with Crippen molar-refractivity contribution in [2.45, 2.75) is 0 Å². The summed E-state index contributed by atoms with van der Waals surface area (Å²) >= 11 is 12.7. The maximum absolute atomic E-state index is 14.2. The normalized spacial score (nSPS) is 12.1. The second-order valence-electron chi connectivity index (χ2n) is 12.5. The van der Waals surface area contributed by atoms with Gasteiger partial charge in [0, 0.05) is 54.4 Å². The molecule has 52 heavy (non-hydrogen) atoms. The lowest BCUT2D eigenvalue weighted by Gasteiger charge is -2.07. The molecule has 8 heteroatoms. The van der Waals surface area contributed by atoms with Gasteiger partial charge in [-0.2, -0.15) is 0 Å². The molecule has 3 aromatic heterocycles. The minimum atomic E-state index is -0.332. The van der Waals surface area contributed by atoms with Crippen molar-refractivity contribution in [1.29, 1.82) is 0 Å². The highest BCUT2D eigenvalue weighted by atomic mass is 35.5. The first-order chi connectivity index (χ1) is 25.4. The third kappa shape index (κ3) is 5.82. The third-order valence-electron chi connectivity index (χ3n) is 9.29. The number of benzene rings is 4. The average molecular weight is 720 g/mol. The van der Waals surface area contributed by atoms with Crippen LogP contribution in [-0.4, -0.2) is 19.9 Å². The molecule has 2 N–H and O–H groups in total. The summed E-state index contributed by atoms with van der Waals surface area (Å²) in [5, 5.41) is 1.26. The second kappa shape index (κ2) is 12.9. The van der Waals surface area contributed by atoms with E-state index >= 15 is 0 Å². The second-order valence-corrected chi connectivity index (χ2v) is 13.4. The number of H-pyrrole nitrogens is 2. The van der Waals surface area contributed by atoms with E-state index in [0.29, 0.717) is 21.4 Å². The fourth-order valence-corrected chi connectivity index (χ4v) is 7.14. The summed E-state index contributed by atoms with van der Waals surface area (Å²) in [5.41, 5.74) is 12.9. The Labute approximate surface area is 307 Å². The first-order valence-corrected chi connectivity index (χ1v) is 17.3. The predicted molar refractivity (Wildman–Crippen MR) is 211 cm³/mol. The Kier molecular flexibility index (Phi) is 7.91. The molecule has 2 aliphatic rings. The molecule has 8 bridgehead atoms. The number of nitrogens with one attached hydrogen (secondary N) is 2. The molecule has 0 unspecified atom stereocenters. The molecule has 0 radical (unpaired) electrons. The van der Waals surface area contributed by atoms with E-state index in [4.69, 9.17) is 33.2 Å². The lowest BCUT2D eigenvalue weighted by molar-refractivity contribution is 0.627. The molecule has 2 aliphatic heterocycles. The minimum Gasteiger partial charge on any atom is -0.354 e. The molecule has 5 heterocycles. The van der Waals surface area contributed by atoms with Crippen LogP contribution in [0.5, 0.6) is 0 Å². The van der Waals surface area contributed by atoms with Gasteiger partial charge in [-0.3, -0.25) is 0 Å². The Balaban J connectivity index is 1.47. The molecule has 0 spiro atoms. The van der Waals surface area contributed by atoms with E-state index < -0.39 is 0 Å². The van der Waals surface area contributed by atoms with Crippen molar-refractivity contribution in [3.63, 3.8) is 0 Å². The number of fused-ring (bicyclic) bond motifs is 8. The number of hydrogen-bond donors (Lipinski definition) is 2. The largest absolute Gasteiger partial charge is 0.354 e. The summed E-state index contributed by atoms with van der Waals surface area (Å²) in [6, 6.07) is 36.2. The summed E-state index contributed by atoms with van der Waals surface area (Å²) in [7, 11) is 0. The molecule has 0 amide bonds. The SMILES string of the molecule is Fc1ccc(-c2c3nc(c(-c4ccc(F)cc4)c4ccc([nH]4)c(-c4ccc(Cl)cc4)c4nc(c(-c5ccc(Cl)cc5)c5ccc2[nH]5)C=C4)C=C3)cc1. The Morgan fingerprint density at radius 1 is 0.346 bits per heavy atom. The van der Waals surface area contributed by atoms with Crippen LogP contribution >= 0.6 is 23.2 Å². The van der Waals surface area contributed by atoms with Crippen molar-refractivity contribution in [2.24, 2.45) is 0 Å². The zero-order chi connectivity index (χ0) is 35.3. The molecular formula is C44H26Cl2F2N4. The predicted octanol–water partition coefficient (Wildman–Crippen LogP) is 12.9. The Morgan fingerprint density at radius 3 is 0.865 bits per heavy atom. The Hall–Kier alpha value is -6.08. The van der Waals surface area contributed by atoms with Gasteiger partial charge >= 0.3 is 0 Å². The summed E-state index contributed by atoms with van der Waals surface area (Å²) in [6.07, 6.45) is 7.95. The van der Waals surface area contributed by atoms with Gasteiger partial charge < -0.3 is 9.97 Å². The number of aromatic amines is 2. The van der Waals surface area contributed by atoms with Gasteiger partial charge in [0.05, 0.1) is 22.8 Å². The Bertz CT molecular complexity index is 2370. The van der Waals surface area contributed by atoms with Gasteiger partial charge in [-0.1, -0.05) is 71.7 Å². The van der Waals surface area contributed by atoms with E-state index in [2.05, 4.69) is 9.97 Å². The minimum absolute atomic E-state index is 0.332. The van der Waals surface area contributed by atoms with Crippen LogP contribution in [0.3, 0.4) is 0 Å². The van der Waals surface area contributed by atoms with Crippen LogP contribution in [0.25, 0.3) is 90.9 Å². The molecule has 0 atom stereocenters. The molecule has 0 aliphatic carbocycles. The molecule has 9 rings (SSSR count). The van der Waals surface area contributed by atoms with Gasteiger partial charge in [-0.15, -0.1) is 0 Å². The van der Waals surface area contributed by atoms with Crippen molar-refractivity contribution >= 4 is 69.6 Å². The van der Waals surface area contributed by atoms with Gasteiger partial charge in [0.25, 0.3) is 0 Å². The quantitative estimate of drug-likeness (QED) is 0.190. The number of aromatic nitrogens is 4. The van der Waals surface area contributed by atoms with Crippen LogP contribution in [0.4, 0.5) is 8.78 Å². The van der Waals surface area contributed by atoms with E-state index in [9.17, 15) is 8.78 Å². The van der Waals surface area contributed by atoms with Crippen molar-refractivity contribution < 1.29 is 8.78 Å². The Morgan fingerprint density at radius 2 is 0.596 bits per heavy atom. The highest BCUT2D eigenvalue weighted by Crippen LogP contribution is 2.38. The van der Waals surface area contributed by atoms with Crippen LogP contribution < -0.4 is 0 Å². The van der Waals surface area contributed by atoms with E-state index in [-0.39, 0.29) is 11.6 Å².